The van der Waals surface area contributed by atoms with Crippen LogP contribution in [-0.4, -0.2) is 41.4 Å². The van der Waals surface area contributed by atoms with E-state index in [-0.39, 0.29) is 0 Å². The summed E-state index contributed by atoms with van der Waals surface area (Å²) in [6.07, 6.45) is 1.73. The van der Waals surface area contributed by atoms with Crippen molar-refractivity contribution in [3.8, 4) is 17.3 Å². The summed E-state index contributed by atoms with van der Waals surface area (Å²) >= 11 is 0. The summed E-state index contributed by atoms with van der Waals surface area (Å²) in [5.74, 6) is 1.64. The lowest BCUT2D eigenvalue weighted by atomic mass is 10.1. The van der Waals surface area contributed by atoms with Crippen LogP contribution in [-0.2, 0) is 0 Å². The molecule has 1 aromatic carbocycles. The van der Waals surface area contributed by atoms with Gasteiger partial charge in [-0.15, -0.1) is 10.2 Å². The Kier molecular flexibility index (Phi) is 4.44. The zero-order valence-electron chi connectivity index (χ0n) is 14.3. The topological polar surface area (TPSA) is 68.9 Å². The van der Waals surface area contributed by atoms with Gasteiger partial charge in [-0.05, 0) is 24.3 Å². The number of benzene rings is 1. The molecule has 6 heteroatoms. The fourth-order valence-electron chi connectivity index (χ4n) is 3.14. The molecule has 0 saturated carbocycles. The van der Waals surface area contributed by atoms with E-state index in [0.717, 1.165) is 49.1 Å². The van der Waals surface area contributed by atoms with Crippen LogP contribution in [0.2, 0.25) is 0 Å². The number of piperazine rings is 1. The van der Waals surface area contributed by atoms with E-state index >= 15 is 0 Å². The quantitative estimate of drug-likeness (QED) is 0.729. The molecule has 4 rings (SSSR count). The summed E-state index contributed by atoms with van der Waals surface area (Å²) in [5, 5.41) is 18.0. The molecule has 2 aromatic heterocycles. The van der Waals surface area contributed by atoms with Crippen LogP contribution in [0.15, 0.2) is 60.8 Å². The van der Waals surface area contributed by atoms with Crippen molar-refractivity contribution >= 4 is 11.6 Å². The van der Waals surface area contributed by atoms with E-state index in [9.17, 15) is 5.26 Å². The molecule has 0 unspecified atom stereocenters. The Hall–Kier alpha value is -3.46. The molecule has 6 nitrogen and oxygen atoms in total. The summed E-state index contributed by atoms with van der Waals surface area (Å²) in [5.41, 5.74) is 2.56. The second kappa shape index (κ2) is 7.19. The third-order valence-corrected chi connectivity index (χ3v) is 4.53. The minimum Gasteiger partial charge on any atom is -0.352 e. The van der Waals surface area contributed by atoms with Gasteiger partial charge in [0, 0.05) is 37.9 Å². The van der Waals surface area contributed by atoms with E-state index in [0.29, 0.717) is 5.56 Å². The number of aromatic nitrogens is 3. The SMILES string of the molecule is N#Cc1cccnc1N1CCN(c2ccc(-c3ccccc3)nn2)CC1. The Morgan fingerprint density at radius 1 is 0.808 bits per heavy atom. The second-order valence-electron chi connectivity index (χ2n) is 6.10. The average Bonchev–Trinajstić information content (AvgIpc) is 2.74. The predicted octanol–water partition coefficient (Wildman–Crippen LogP) is 2.74. The van der Waals surface area contributed by atoms with Gasteiger partial charge < -0.3 is 9.80 Å². The smallest absolute Gasteiger partial charge is 0.151 e. The maximum absolute atomic E-state index is 9.25. The summed E-state index contributed by atoms with van der Waals surface area (Å²) in [6, 6.07) is 19.9. The molecule has 0 atom stereocenters. The first-order valence-corrected chi connectivity index (χ1v) is 8.59. The Morgan fingerprint density at radius 2 is 1.58 bits per heavy atom. The number of nitrogens with zero attached hydrogens (tertiary/aromatic N) is 6. The molecule has 1 aliphatic rings. The van der Waals surface area contributed by atoms with Crippen molar-refractivity contribution in [3.05, 3.63) is 66.4 Å². The van der Waals surface area contributed by atoms with Crippen molar-refractivity contribution in [3.63, 3.8) is 0 Å². The van der Waals surface area contributed by atoms with Crippen LogP contribution >= 0.6 is 0 Å². The van der Waals surface area contributed by atoms with Crippen LogP contribution in [0.3, 0.4) is 0 Å². The molecule has 0 bridgehead atoms. The highest BCUT2D eigenvalue weighted by Crippen LogP contribution is 2.22. The van der Waals surface area contributed by atoms with Crippen LogP contribution in [0.5, 0.6) is 0 Å². The number of nitriles is 1. The van der Waals surface area contributed by atoms with Gasteiger partial charge in [-0.2, -0.15) is 5.26 Å². The van der Waals surface area contributed by atoms with E-state index < -0.39 is 0 Å². The van der Waals surface area contributed by atoms with Crippen molar-refractivity contribution in [2.24, 2.45) is 0 Å². The van der Waals surface area contributed by atoms with Crippen LogP contribution in [0.25, 0.3) is 11.3 Å². The Morgan fingerprint density at radius 3 is 2.27 bits per heavy atom. The predicted molar refractivity (Wildman–Crippen MR) is 101 cm³/mol. The summed E-state index contributed by atoms with van der Waals surface area (Å²) in [4.78, 5) is 8.74. The van der Waals surface area contributed by atoms with E-state index in [2.05, 4.69) is 31.1 Å². The summed E-state index contributed by atoms with van der Waals surface area (Å²) in [7, 11) is 0. The van der Waals surface area contributed by atoms with Crippen molar-refractivity contribution in [2.45, 2.75) is 0 Å². The van der Waals surface area contributed by atoms with Crippen LogP contribution in [0.4, 0.5) is 11.6 Å². The van der Waals surface area contributed by atoms with Crippen molar-refractivity contribution in [1.82, 2.24) is 15.2 Å². The van der Waals surface area contributed by atoms with E-state index in [1.54, 1.807) is 12.3 Å². The lowest BCUT2D eigenvalue weighted by molar-refractivity contribution is 0.638. The maximum Gasteiger partial charge on any atom is 0.151 e. The fraction of sp³-hybridized carbons (Fsp3) is 0.200. The fourth-order valence-corrected chi connectivity index (χ4v) is 3.14. The molecule has 1 aliphatic heterocycles. The Balaban J connectivity index is 1.44. The maximum atomic E-state index is 9.25. The molecule has 0 radical (unpaired) electrons. The van der Waals surface area contributed by atoms with Gasteiger partial charge in [0.25, 0.3) is 0 Å². The van der Waals surface area contributed by atoms with Gasteiger partial charge in [0.1, 0.15) is 11.9 Å². The molecular formula is C20H18N6. The number of pyridine rings is 1. The lowest BCUT2D eigenvalue weighted by Crippen LogP contribution is -2.47. The minimum absolute atomic E-state index is 0.618. The normalized spacial score (nSPS) is 14.1. The van der Waals surface area contributed by atoms with Gasteiger partial charge >= 0.3 is 0 Å². The molecule has 0 amide bonds. The van der Waals surface area contributed by atoms with Crippen LogP contribution in [0.1, 0.15) is 5.56 Å². The minimum atomic E-state index is 0.618. The molecule has 0 N–H and O–H groups in total. The van der Waals surface area contributed by atoms with Gasteiger partial charge in [0.2, 0.25) is 0 Å². The first-order chi connectivity index (χ1) is 12.8. The van der Waals surface area contributed by atoms with Gasteiger partial charge in [0.15, 0.2) is 5.82 Å². The van der Waals surface area contributed by atoms with Crippen molar-refractivity contribution < 1.29 is 0 Å². The number of hydrogen-bond donors (Lipinski definition) is 0. The second-order valence-corrected chi connectivity index (χ2v) is 6.10. The van der Waals surface area contributed by atoms with E-state index in [1.165, 1.54) is 0 Å². The van der Waals surface area contributed by atoms with Crippen molar-refractivity contribution in [1.29, 1.82) is 5.26 Å². The molecule has 26 heavy (non-hydrogen) atoms. The highest BCUT2D eigenvalue weighted by Gasteiger charge is 2.21. The lowest BCUT2D eigenvalue weighted by Gasteiger charge is -2.36. The molecule has 1 fully saturated rings. The largest absolute Gasteiger partial charge is 0.352 e. The highest BCUT2D eigenvalue weighted by atomic mass is 15.3. The van der Waals surface area contributed by atoms with Gasteiger partial charge in [-0.1, -0.05) is 30.3 Å². The third kappa shape index (κ3) is 3.20. The first kappa shape index (κ1) is 16.0. The molecule has 1 saturated heterocycles. The van der Waals surface area contributed by atoms with Crippen molar-refractivity contribution in [2.75, 3.05) is 36.0 Å². The molecule has 3 heterocycles. The number of rotatable bonds is 3. The standard InChI is InChI=1S/C20H18N6/c21-15-17-7-4-10-22-20(17)26-13-11-25(12-14-26)19-9-8-18(23-24-19)16-5-2-1-3-6-16/h1-10H,11-14H2. The summed E-state index contributed by atoms with van der Waals surface area (Å²) < 4.78 is 0. The number of hydrogen-bond acceptors (Lipinski definition) is 6. The monoisotopic (exact) mass is 342 g/mol. The molecule has 0 aliphatic carbocycles. The van der Waals surface area contributed by atoms with E-state index in [1.807, 2.05) is 48.5 Å². The van der Waals surface area contributed by atoms with Gasteiger partial charge in [-0.25, -0.2) is 4.98 Å². The average molecular weight is 342 g/mol. The van der Waals surface area contributed by atoms with E-state index in [4.69, 9.17) is 0 Å². The molecule has 0 spiro atoms. The van der Waals surface area contributed by atoms with Crippen LogP contribution in [0, 0.1) is 11.3 Å². The zero-order valence-corrected chi connectivity index (χ0v) is 14.3. The van der Waals surface area contributed by atoms with Gasteiger partial charge in [0.05, 0.1) is 11.3 Å². The highest BCUT2D eigenvalue weighted by molar-refractivity contribution is 5.60. The zero-order chi connectivity index (χ0) is 17.8. The molecule has 3 aromatic rings. The number of anilines is 2. The Labute approximate surface area is 152 Å². The summed E-state index contributed by atoms with van der Waals surface area (Å²) in [6.45, 7) is 3.24. The van der Waals surface area contributed by atoms with Gasteiger partial charge in [-0.3, -0.25) is 0 Å². The third-order valence-electron chi connectivity index (χ3n) is 4.53. The first-order valence-electron chi connectivity index (χ1n) is 8.59. The van der Waals surface area contributed by atoms with Crippen LogP contribution < -0.4 is 9.80 Å². The Bertz CT molecular complexity index is 909. The molecular weight excluding hydrogens is 324 g/mol. The molecule has 128 valence electrons.